The number of morpholine rings is 1. The highest BCUT2D eigenvalue weighted by atomic mass is 35.5. The molecule has 1 aromatic carbocycles. The largest absolute Gasteiger partial charge is 0.378 e. The van der Waals surface area contributed by atoms with Crippen LogP contribution in [0.5, 0.6) is 0 Å². The van der Waals surface area contributed by atoms with Crippen LogP contribution in [0.1, 0.15) is 5.56 Å². The van der Waals surface area contributed by atoms with Gasteiger partial charge in [0.1, 0.15) is 16.8 Å². The second-order valence-corrected chi connectivity index (χ2v) is 7.12. The third-order valence-corrected chi connectivity index (χ3v) is 5.03. The van der Waals surface area contributed by atoms with E-state index in [0.717, 1.165) is 24.5 Å². The lowest BCUT2D eigenvalue weighted by Crippen LogP contribution is -2.37. The zero-order valence-corrected chi connectivity index (χ0v) is 17.2. The first-order valence-electron chi connectivity index (χ1n) is 9.56. The summed E-state index contributed by atoms with van der Waals surface area (Å²) >= 11 is 6.37. The van der Waals surface area contributed by atoms with Gasteiger partial charge in [0, 0.05) is 36.1 Å². The summed E-state index contributed by atoms with van der Waals surface area (Å²) in [5, 5.41) is 5.86. The number of hydrogen-bond donors (Lipinski definition) is 2. The highest BCUT2D eigenvalue weighted by molar-refractivity contribution is 6.30. The number of nitrogens with zero attached hydrogens (tertiary/aromatic N) is 4. The third-order valence-electron chi connectivity index (χ3n) is 4.67. The number of ether oxygens (including phenoxy) is 1. The molecule has 0 spiro atoms. The number of para-hydroxylation sites is 1. The van der Waals surface area contributed by atoms with E-state index in [2.05, 4.69) is 25.5 Å². The second kappa shape index (κ2) is 9.06. The Morgan fingerprint density at radius 1 is 1.07 bits per heavy atom. The minimum Gasteiger partial charge on any atom is -0.378 e. The van der Waals surface area contributed by atoms with Gasteiger partial charge in [-0.2, -0.15) is 0 Å². The maximum atomic E-state index is 12.1. The monoisotopic (exact) mass is 424 g/mol. The zero-order chi connectivity index (χ0) is 20.9. The predicted molar refractivity (Wildman–Crippen MR) is 117 cm³/mol. The molecule has 2 N–H and O–H groups in total. The quantitative estimate of drug-likeness (QED) is 0.615. The lowest BCUT2D eigenvalue weighted by Gasteiger charge is -2.29. The molecule has 1 aliphatic heterocycles. The fraction of sp³-hybridized carbons (Fsp3) is 0.238. The molecule has 30 heavy (non-hydrogen) atoms. The van der Waals surface area contributed by atoms with Crippen LogP contribution >= 0.6 is 11.6 Å². The van der Waals surface area contributed by atoms with Crippen molar-refractivity contribution in [3.05, 3.63) is 59.4 Å². The van der Waals surface area contributed by atoms with Crippen molar-refractivity contribution in [3.8, 4) is 11.4 Å². The van der Waals surface area contributed by atoms with Crippen molar-refractivity contribution in [2.24, 2.45) is 0 Å². The van der Waals surface area contributed by atoms with E-state index >= 15 is 0 Å². The SMILES string of the molecule is Cc1c(Cl)nc(-c2ccc(NC(=O)Nc3ccccc3)nc2)nc1N1CCOCC1. The number of anilines is 3. The fourth-order valence-corrected chi connectivity index (χ4v) is 3.26. The fourth-order valence-electron chi connectivity index (χ4n) is 3.09. The normalized spacial score (nSPS) is 13.7. The molecule has 9 heteroatoms. The Morgan fingerprint density at radius 3 is 2.53 bits per heavy atom. The molecular formula is C21H21ClN6O2. The lowest BCUT2D eigenvalue weighted by atomic mass is 10.2. The molecule has 3 aromatic rings. The van der Waals surface area contributed by atoms with Gasteiger partial charge in [-0.1, -0.05) is 29.8 Å². The first-order valence-corrected chi connectivity index (χ1v) is 9.94. The summed E-state index contributed by atoms with van der Waals surface area (Å²) in [5.74, 6) is 1.71. The summed E-state index contributed by atoms with van der Waals surface area (Å²) in [6.45, 7) is 4.73. The maximum Gasteiger partial charge on any atom is 0.324 e. The van der Waals surface area contributed by atoms with E-state index in [0.29, 0.717) is 41.3 Å². The minimum absolute atomic E-state index is 0.370. The molecule has 8 nitrogen and oxygen atoms in total. The summed E-state index contributed by atoms with van der Waals surface area (Å²) in [5.41, 5.74) is 2.25. The van der Waals surface area contributed by atoms with Gasteiger partial charge in [0.25, 0.3) is 0 Å². The Labute approximate surface area is 179 Å². The van der Waals surface area contributed by atoms with E-state index in [-0.39, 0.29) is 6.03 Å². The van der Waals surface area contributed by atoms with E-state index in [1.165, 1.54) is 0 Å². The molecule has 1 aliphatic rings. The van der Waals surface area contributed by atoms with Gasteiger partial charge >= 0.3 is 6.03 Å². The molecule has 0 aliphatic carbocycles. The van der Waals surface area contributed by atoms with E-state index in [9.17, 15) is 4.79 Å². The van der Waals surface area contributed by atoms with Crippen LogP contribution in [0, 0.1) is 6.92 Å². The van der Waals surface area contributed by atoms with Crippen LogP contribution in [0.2, 0.25) is 5.15 Å². The molecule has 0 radical (unpaired) electrons. The van der Waals surface area contributed by atoms with Gasteiger partial charge in [-0.05, 0) is 31.2 Å². The number of rotatable bonds is 4. The van der Waals surface area contributed by atoms with Crippen molar-refractivity contribution in [2.45, 2.75) is 6.92 Å². The van der Waals surface area contributed by atoms with E-state index in [1.54, 1.807) is 30.5 Å². The molecule has 1 fully saturated rings. The van der Waals surface area contributed by atoms with Gasteiger partial charge in [-0.3, -0.25) is 5.32 Å². The van der Waals surface area contributed by atoms with Crippen LogP contribution in [0.25, 0.3) is 11.4 Å². The van der Waals surface area contributed by atoms with Gasteiger partial charge in [-0.15, -0.1) is 0 Å². The average Bonchev–Trinajstić information content (AvgIpc) is 2.77. The molecule has 154 valence electrons. The molecule has 3 heterocycles. The van der Waals surface area contributed by atoms with Crippen LogP contribution in [-0.2, 0) is 4.74 Å². The molecule has 0 saturated carbocycles. The molecule has 2 amide bonds. The number of halogens is 1. The second-order valence-electron chi connectivity index (χ2n) is 6.76. The Balaban J connectivity index is 1.49. The van der Waals surface area contributed by atoms with Crippen molar-refractivity contribution < 1.29 is 9.53 Å². The molecule has 2 aromatic heterocycles. The van der Waals surface area contributed by atoms with Gasteiger partial charge < -0.3 is 15.0 Å². The van der Waals surface area contributed by atoms with E-state index < -0.39 is 0 Å². The van der Waals surface area contributed by atoms with E-state index in [4.69, 9.17) is 21.3 Å². The van der Waals surface area contributed by atoms with Crippen molar-refractivity contribution in [1.82, 2.24) is 15.0 Å². The molecule has 1 saturated heterocycles. The maximum absolute atomic E-state index is 12.1. The Hall–Kier alpha value is -3.23. The van der Waals surface area contributed by atoms with Gasteiger partial charge in [0.05, 0.1) is 13.2 Å². The number of hydrogen-bond acceptors (Lipinski definition) is 6. The van der Waals surface area contributed by atoms with Crippen LogP contribution < -0.4 is 15.5 Å². The minimum atomic E-state index is -0.370. The summed E-state index contributed by atoms with van der Waals surface area (Å²) < 4.78 is 5.42. The van der Waals surface area contributed by atoms with Crippen LogP contribution in [0.3, 0.4) is 0 Å². The Kier molecular flexibility index (Phi) is 6.06. The Bertz CT molecular complexity index is 1020. The topological polar surface area (TPSA) is 92.3 Å². The molecule has 0 bridgehead atoms. The third kappa shape index (κ3) is 4.67. The zero-order valence-electron chi connectivity index (χ0n) is 16.4. The Morgan fingerprint density at radius 2 is 1.83 bits per heavy atom. The standard InChI is InChI=1S/C21H21ClN6O2/c1-14-18(22)26-19(27-20(14)28-9-11-30-12-10-28)15-7-8-17(23-13-15)25-21(29)24-16-5-3-2-4-6-16/h2-8,13H,9-12H2,1H3,(H2,23,24,25,29). The highest BCUT2D eigenvalue weighted by Crippen LogP contribution is 2.28. The summed E-state index contributed by atoms with van der Waals surface area (Å²) in [4.78, 5) is 27.7. The first-order chi connectivity index (χ1) is 14.6. The molecule has 0 unspecified atom stereocenters. The smallest absolute Gasteiger partial charge is 0.324 e. The van der Waals surface area contributed by atoms with Crippen molar-refractivity contribution in [2.75, 3.05) is 41.8 Å². The van der Waals surface area contributed by atoms with Crippen molar-refractivity contribution in [3.63, 3.8) is 0 Å². The molecule has 0 atom stereocenters. The van der Waals surface area contributed by atoms with Gasteiger partial charge in [0.15, 0.2) is 5.82 Å². The molecule has 4 rings (SSSR count). The number of amides is 2. The number of pyridine rings is 1. The number of urea groups is 1. The lowest BCUT2D eigenvalue weighted by molar-refractivity contribution is 0.122. The van der Waals surface area contributed by atoms with Gasteiger partial charge in [-0.25, -0.2) is 19.7 Å². The summed E-state index contributed by atoms with van der Waals surface area (Å²) in [6.07, 6.45) is 1.61. The summed E-state index contributed by atoms with van der Waals surface area (Å²) in [6, 6.07) is 12.3. The first kappa shape index (κ1) is 20.1. The van der Waals surface area contributed by atoms with Crippen molar-refractivity contribution >= 4 is 35.0 Å². The number of nitrogens with one attached hydrogen (secondary N) is 2. The highest BCUT2D eigenvalue weighted by Gasteiger charge is 2.19. The van der Waals surface area contributed by atoms with Crippen LogP contribution in [0.4, 0.5) is 22.1 Å². The number of carbonyl (C=O) groups is 1. The number of carbonyl (C=O) groups excluding carboxylic acids is 1. The van der Waals surface area contributed by atoms with Crippen molar-refractivity contribution in [1.29, 1.82) is 0 Å². The predicted octanol–water partition coefficient (Wildman–Crippen LogP) is 3.98. The number of benzene rings is 1. The molecular weight excluding hydrogens is 404 g/mol. The summed E-state index contributed by atoms with van der Waals surface area (Å²) in [7, 11) is 0. The van der Waals surface area contributed by atoms with Gasteiger partial charge in [0.2, 0.25) is 0 Å². The average molecular weight is 425 g/mol. The van der Waals surface area contributed by atoms with Crippen LogP contribution in [-0.4, -0.2) is 47.3 Å². The van der Waals surface area contributed by atoms with E-state index in [1.807, 2.05) is 25.1 Å². The number of aromatic nitrogens is 3. The van der Waals surface area contributed by atoms with Crippen LogP contribution in [0.15, 0.2) is 48.7 Å².